The van der Waals surface area contributed by atoms with E-state index in [1.807, 2.05) is 30.3 Å². The van der Waals surface area contributed by atoms with E-state index in [-0.39, 0.29) is 35.9 Å². The molecule has 0 radical (unpaired) electrons. The average Bonchev–Trinajstić information content (AvgIpc) is 3.00. The fourth-order valence-electron chi connectivity index (χ4n) is 5.37. The van der Waals surface area contributed by atoms with Crippen molar-refractivity contribution < 1.29 is 27.5 Å². The van der Waals surface area contributed by atoms with Crippen LogP contribution in [-0.4, -0.2) is 52.1 Å². The van der Waals surface area contributed by atoms with E-state index < -0.39 is 16.1 Å². The molecule has 2 amide bonds. The Balaban J connectivity index is 1.21. The minimum Gasteiger partial charge on any atom is -0.483 e. The Hall–Kier alpha value is -3.89. The molecule has 42 heavy (non-hydrogen) atoms. The Morgan fingerprint density at radius 1 is 0.976 bits per heavy atom. The minimum absolute atomic E-state index is 0.0382. The summed E-state index contributed by atoms with van der Waals surface area (Å²) in [6, 6.07) is 21.5. The molecule has 222 valence electrons. The van der Waals surface area contributed by atoms with E-state index in [1.54, 1.807) is 43.3 Å². The predicted octanol–water partition coefficient (Wildman–Crippen LogP) is 4.14. The van der Waals surface area contributed by atoms with Crippen LogP contribution in [0.25, 0.3) is 0 Å². The third-order valence-corrected chi connectivity index (χ3v) is 9.18. The first-order chi connectivity index (χ1) is 20.3. The number of aryl methyl sites for hydroxylation is 1. The molecule has 0 spiro atoms. The molecule has 2 aliphatic rings. The molecule has 1 aliphatic carbocycles. The second-order valence-corrected chi connectivity index (χ2v) is 12.5. The van der Waals surface area contributed by atoms with Crippen LogP contribution in [-0.2, 0) is 26.0 Å². The molecule has 1 fully saturated rings. The number of carbonyl (C=O) groups excluding carboxylic acids is 2. The number of sulfonamides is 1. The maximum atomic E-state index is 13.4. The highest BCUT2D eigenvalue weighted by Crippen LogP contribution is 2.33. The molecular weight excluding hydrogens is 554 g/mol. The zero-order valence-corrected chi connectivity index (χ0v) is 24.6. The Morgan fingerprint density at radius 2 is 1.71 bits per heavy atom. The third kappa shape index (κ3) is 7.30. The van der Waals surface area contributed by atoms with Gasteiger partial charge in [-0.1, -0.05) is 61.7 Å². The van der Waals surface area contributed by atoms with Crippen LogP contribution in [0.1, 0.15) is 43.2 Å². The first kappa shape index (κ1) is 29.6. The van der Waals surface area contributed by atoms with E-state index in [0.29, 0.717) is 35.7 Å². The van der Waals surface area contributed by atoms with E-state index in [9.17, 15) is 18.0 Å². The van der Waals surface area contributed by atoms with Crippen molar-refractivity contribution in [2.24, 2.45) is 0 Å². The standard InChI is InChI=1S/C32H37N3O6S/c1-23-20-26(42(38,39)34-25-12-6-3-7-13-25)16-17-28(23)40-22-31(36)35-21-30(41-29-15-9-8-14-27(29)35)32(37)33-19-18-24-10-4-2-5-11-24/h2,4-5,8-11,14-17,20,25,30,34H,3,6-7,12-13,18-19,21-22H2,1H3,(H,33,37)/t30-/m0/s1. The van der Waals surface area contributed by atoms with Gasteiger partial charge in [-0.25, -0.2) is 13.1 Å². The van der Waals surface area contributed by atoms with Crippen molar-refractivity contribution in [3.63, 3.8) is 0 Å². The van der Waals surface area contributed by atoms with Gasteiger partial charge in [-0.3, -0.25) is 9.59 Å². The third-order valence-electron chi connectivity index (χ3n) is 7.66. The molecule has 2 N–H and O–H groups in total. The summed E-state index contributed by atoms with van der Waals surface area (Å²) in [4.78, 5) is 28.0. The second kappa shape index (κ2) is 13.4. The van der Waals surface area contributed by atoms with Crippen molar-refractivity contribution in [2.75, 3.05) is 24.6 Å². The van der Waals surface area contributed by atoms with Crippen molar-refractivity contribution in [3.8, 4) is 11.5 Å². The number of para-hydroxylation sites is 2. The van der Waals surface area contributed by atoms with Crippen LogP contribution in [0, 0.1) is 6.92 Å². The highest BCUT2D eigenvalue weighted by atomic mass is 32.2. The summed E-state index contributed by atoms with van der Waals surface area (Å²) in [7, 11) is -3.65. The number of carbonyl (C=O) groups is 2. The van der Waals surface area contributed by atoms with Crippen LogP contribution in [0.3, 0.4) is 0 Å². The number of hydrogen-bond donors (Lipinski definition) is 2. The summed E-state index contributed by atoms with van der Waals surface area (Å²) in [5.41, 5.74) is 2.28. The fourth-order valence-corrected chi connectivity index (χ4v) is 6.76. The number of hydrogen-bond acceptors (Lipinski definition) is 6. The molecule has 3 aromatic carbocycles. The van der Waals surface area contributed by atoms with Crippen molar-refractivity contribution in [1.82, 2.24) is 10.0 Å². The van der Waals surface area contributed by atoms with Crippen molar-refractivity contribution in [2.45, 2.75) is 62.5 Å². The molecule has 10 heteroatoms. The van der Waals surface area contributed by atoms with Gasteiger partial charge in [-0.2, -0.15) is 0 Å². The van der Waals surface area contributed by atoms with E-state index in [0.717, 1.165) is 37.7 Å². The maximum Gasteiger partial charge on any atom is 0.265 e. The number of anilines is 1. The summed E-state index contributed by atoms with van der Waals surface area (Å²) < 4.78 is 40.5. The molecule has 1 atom stereocenters. The number of rotatable bonds is 10. The molecular formula is C32H37N3O6S. The zero-order chi connectivity index (χ0) is 29.5. The molecule has 1 saturated carbocycles. The van der Waals surface area contributed by atoms with Crippen molar-refractivity contribution in [3.05, 3.63) is 83.9 Å². The largest absolute Gasteiger partial charge is 0.483 e. The van der Waals surface area contributed by atoms with Gasteiger partial charge < -0.3 is 19.7 Å². The number of ether oxygens (including phenoxy) is 2. The quantitative estimate of drug-likeness (QED) is 0.367. The monoisotopic (exact) mass is 591 g/mol. The zero-order valence-electron chi connectivity index (χ0n) is 23.8. The van der Waals surface area contributed by atoms with E-state index in [4.69, 9.17) is 9.47 Å². The normalized spacial score (nSPS) is 17.2. The first-order valence-corrected chi connectivity index (χ1v) is 15.9. The van der Waals surface area contributed by atoms with Gasteiger partial charge in [0.2, 0.25) is 10.0 Å². The molecule has 9 nitrogen and oxygen atoms in total. The van der Waals surface area contributed by atoms with Crippen molar-refractivity contribution in [1.29, 1.82) is 0 Å². The molecule has 3 aromatic rings. The SMILES string of the molecule is Cc1cc(S(=O)(=O)NC2CCCCC2)ccc1OCC(=O)N1C[C@@H](C(=O)NCCc2ccccc2)Oc2ccccc21. The fraction of sp³-hybridized carbons (Fsp3) is 0.375. The molecule has 0 bridgehead atoms. The van der Waals surface area contributed by atoms with Gasteiger partial charge >= 0.3 is 0 Å². The molecule has 5 rings (SSSR count). The summed E-state index contributed by atoms with van der Waals surface area (Å²) in [6.45, 7) is 1.95. The number of benzene rings is 3. The van der Waals surface area contributed by atoms with E-state index in [1.165, 1.54) is 11.0 Å². The lowest BCUT2D eigenvalue weighted by atomic mass is 9.96. The Bertz CT molecular complexity index is 1510. The van der Waals surface area contributed by atoms with Gasteiger partial charge in [0, 0.05) is 12.6 Å². The number of nitrogens with one attached hydrogen (secondary N) is 2. The van der Waals surface area contributed by atoms with Gasteiger partial charge in [0.05, 0.1) is 17.1 Å². The van der Waals surface area contributed by atoms with Crippen LogP contribution >= 0.6 is 0 Å². The Labute approximate surface area is 247 Å². The van der Waals surface area contributed by atoms with Crippen LogP contribution in [0.5, 0.6) is 11.5 Å². The van der Waals surface area contributed by atoms with Crippen LogP contribution in [0.15, 0.2) is 77.7 Å². The Morgan fingerprint density at radius 3 is 2.48 bits per heavy atom. The van der Waals surface area contributed by atoms with Crippen LogP contribution in [0.2, 0.25) is 0 Å². The summed E-state index contributed by atoms with van der Waals surface area (Å²) in [5, 5.41) is 2.91. The summed E-state index contributed by atoms with van der Waals surface area (Å²) in [5.74, 6) is 0.213. The minimum atomic E-state index is -3.65. The smallest absolute Gasteiger partial charge is 0.265 e. The lowest BCUT2D eigenvalue weighted by molar-refractivity contribution is -0.128. The lowest BCUT2D eigenvalue weighted by Gasteiger charge is -2.34. The Kier molecular flexibility index (Phi) is 9.44. The van der Waals surface area contributed by atoms with Gasteiger partial charge in [-0.15, -0.1) is 0 Å². The van der Waals surface area contributed by atoms with Gasteiger partial charge in [0.25, 0.3) is 11.8 Å². The molecule has 0 saturated heterocycles. The summed E-state index contributed by atoms with van der Waals surface area (Å²) >= 11 is 0. The lowest BCUT2D eigenvalue weighted by Crippen LogP contribution is -2.52. The number of fused-ring (bicyclic) bond motifs is 1. The number of amides is 2. The van der Waals surface area contributed by atoms with Gasteiger partial charge in [0.1, 0.15) is 11.5 Å². The molecule has 0 aromatic heterocycles. The van der Waals surface area contributed by atoms with Crippen LogP contribution < -0.4 is 24.4 Å². The van der Waals surface area contributed by atoms with E-state index in [2.05, 4.69) is 10.0 Å². The van der Waals surface area contributed by atoms with Gasteiger partial charge in [-0.05, 0) is 67.6 Å². The van der Waals surface area contributed by atoms with E-state index >= 15 is 0 Å². The van der Waals surface area contributed by atoms with Crippen LogP contribution in [0.4, 0.5) is 5.69 Å². The second-order valence-electron chi connectivity index (χ2n) is 10.8. The number of nitrogens with zero attached hydrogens (tertiary/aromatic N) is 1. The molecule has 1 heterocycles. The highest BCUT2D eigenvalue weighted by molar-refractivity contribution is 7.89. The summed E-state index contributed by atoms with van der Waals surface area (Å²) in [6.07, 6.45) is 4.71. The molecule has 1 aliphatic heterocycles. The first-order valence-electron chi connectivity index (χ1n) is 14.4. The van der Waals surface area contributed by atoms with Gasteiger partial charge in [0.15, 0.2) is 12.7 Å². The maximum absolute atomic E-state index is 13.4. The van der Waals surface area contributed by atoms with Crippen molar-refractivity contribution >= 4 is 27.5 Å². The topological polar surface area (TPSA) is 114 Å². The average molecular weight is 592 g/mol. The predicted molar refractivity (Wildman–Crippen MR) is 160 cm³/mol. The highest BCUT2D eigenvalue weighted by Gasteiger charge is 2.34. The molecule has 0 unspecified atom stereocenters.